The molecule has 1 aliphatic rings. The predicted molar refractivity (Wildman–Crippen MR) is 87.1 cm³/mol. The smallest absolute Gasteiger partial charge is 0.0558 e. The second kappa shape index (κ2) is 7.77. The zero-order chi connectivity index (χ0) is 15.2. The summed E-state index contributed by atoms with van der Waals surface area (Å²) in [6.45, 7) is 14.6. The summed E-state index contributed by atoms with van der Waals surface area (Å²) < 4.78 is 0. The van der Waals surface area contributed by atoms with Gasteiger partial charge in [0.2, 0.25) is 0 Å². The lowest BCUT2D eigenvalue weighted by atomic mass is 9.82. The summed E-state index contributed by atoms with van der Waals surface area (Å²) in [5.74, 6) is 0. The van der Waals surface area contributed by atoms with Crippen molar-refractivity contribution in [3.63, 3.8) is 0 Å². The van der Waals surface area contributed by atoms with E-state index in [0.29, 0.717) is 11.5 Å². The average Bonchev–Trinajstić information content (AvgIpc) is 2.24. The molecule has 0 spiro atoms. The van der Waals surface area contributed by atoms with Crippen molar-refractivity contribution >= 4 is 0 Å². The molecule has 0 amide bonds. The standard InChI is InChI=1S/C17H36N2O/c1-6-10-17(5,13-18-16(2,3)4)14-19(11-12-20)15-8-7-9-15/h15,18,20H,6-14H2,1-5H3. The van der Waals surface area contributed by atoms with Crippen LogP contribution >= 0.6 is 0 Å². The minimum Gasteiger partial charge on any atom is -0.395 e. The largest absolute Gasteiger partial charge is 0.395 e. The molecule has 3 heteroatoms. The van der Waals surface area contributed by atoms with Gasteiger partial charge in [-0.1, -0.05) is 26.7 Å². The summed E-state index contributed by atoms with van der Waals surface area (Å²) in [5, 5.41) is 13.0. The van der Waals surface area contributed by atoms with Crippen LogP contribution < -0.4 is 5.32 Å². The zero-order valence-corrected chi connectivity index (χ0v) is 14.3. The van der Waals surface area contributed by atoms with E-state index in [-0.39, 0.29) is 12.1 Å². The van der Waals surface area contributed by atoms with E-state index in [0.717, 1.165) is 19.6 Å². The van der Waals surface area contributed by atoms with Gasteiger partial charge < -0.3 is 10.4 Å². The maximum absolute atomic E-state index is 9.33. The molecule has 0 aliphatic heterocycles. The molecule has 0 aromatic rings. The van der Waals surface area contributed by atoms with Gasteiger partial charge in [0.25, 0.3) is 0 Å². The van der Waals surface area contributed by atoms with Crippen LogP contribution in [0.4, 0.5) is 0 Å². The molecule has 1 rings (SSSR count). The molecule has 0 saturated heterocycles. The normalized spacial score (nSPS) is 19.9. The highest BCUT2D eigenvalue weighted by molar-refractivity contribution is 4.88. The summed E-state index contributed by atoms with van der Waals surface area (Å²) >= 11 is 0. The van der Waals surface area contributed by atoms with Crippen LogP contribution in [0.3, 0.4) is 0 Å². The number of hydrogen-bond acceptors (Lipinski definition) is 3. The van der Waals surface area contributed by atoms with E-state index in [1.54, 1.807) is 0 Å². The Morgan fingerprint density at radius 3 is 2.25 bits per heavy atom. The molecule has 1 atom stereocenters. The van der Waals surface area contributed by atoms with Crippen LogP contribution in [-0.4, -0.2) is 47.8 Å². The highest BCUT2D eigenvalue weighted by Gasteiger charge is 2.32. The number of aliphatic hydroxyl groups is 1. The lowest BCUT2D eigenvalue weighted by Crippen LogP contribution is -2.51. The lowest BCUT2D eigenvalue weighted by molar-refractivity contribution is 0.0523. The first-order valence-corrected chi connectivity index (χ1v) is 8.39. The van der Waals surface area contributed by atoms with Crippen molar-refractivity contribution in [3.8, 4) is 0 Å². The van der Waals surface area contributed by atoms with E-state index in [1.807, 2.05) is 0 Å². The number of aliphatic hydroxyl groups excluding tert-OH is 1. The van der Waals surface area contributed by atoms with Crippen molar-refractivity contribution in [3.05, 3.63) is 0 Å². The second-order valence-electron chi connectivity index (χ2n) is 7.94. The molecule has 0 aromatic carbocycles. The fraction of sp³-hybridized carbons (Fsp3) is 1.00. The van der Waals surface area contributed by atoms with Crippen LogP contribution in [0.2, 0.25) is 0 Å². The first-order chi connectivity index (χ1) is 9.29. The summed E-state index contributed by atoms with van der Waals surface area (Å²) in [7, 11) is 0. The van der Waals surface area contributed by atoms with Crippen LogP contribution in [0.25, 0.3) is 0 Å². The molecule has 2 N–H and O–H groups in total. The van der Waals surface area contributed by atoms with Gasteiger partial charge in [0.15, 0.2) is 0 Å². The number of rotatable bonds is 9. The quantitative estimate of drug-likeness (QED) is 0.683. The van der Waals surface area contributed by atoms with Crippen LogP contribution in [0.15, 0.2) is 0 Å². The van der Waals surface area contributed by atoms with Crippen LogP contribution in [0, 0.1) is 5.41 Å². The summed E-state index contributed by atoms with van der Waals surface area (Å²) in [4.78, 5) is 2.53. The highest BCUT2D eigenvalue weighted by Crippen LogP contribution is 2.30. The fourth-order valence-electron chi connectivity index (χ4n) is 3.07. The van der Waals surface area contributed by atoms with Crippen LogP contribution in [0.1, 0.15) is 66.7 Å². The van der Waals surface area contributed by atoms with Gasteiger partial charge in [-0.3, -0.25) is 4.90 Å². The zero-order valence-electron chi connectivity index (χ0n) is 14.3. The van der Waals surface area contributed by atoms with Gasteiger partial charge in [0, 0.05) is 31.2 Å². The second-order valence-corrected chi connectivity index (χ2v) is 7.94. The number of hydrogen-bond donors (Lipinski definition) is 2. The first kappa shape index (κ1) is 17.9. The third-order valence-corrected chi connectivity index (χ3v) is 4.46. The maximum Gasteiger partial charge on any atom is 0.0558 e. The van der Waals surface area contributed by atoms with E-state index in [9.17, 15) is 5.11 Å². The van der Waals surface area contributed by atoms with Crippen LogP contribution in [0.5, 0.6) is 0 Å². The van der Waals surface area contributed by atoms with Crippen molar-refractivity contribution in [1.82, 2.24) is 10.2 Å². The van der Waals surface area contributed by atoms with Crippen molar-refractivity contribution < 1.29 is 5.11 Å². The van der Waals surface area contributed by atoms with Gasteiger partial charge in [-0.05, 0) is 45.4 Å². The highest BCUT2D eigenvalue weighted by atomic mass is 16.3. The van der Waals surface area contributed by atoms with Crippen molar-refractivity contribution in [1.29, 1.82) is 0 Å². The molecule has 0 bridgehead atoms. The molecule has 0 aromatic heterocycles. The maximum atomic E-state index is 9.33. The van der Waals surface area contributed by atoms with E-state index >= 15 is 0 Å². The SMILES string of the molecule is CCCC(C)(CNC(C)(C)C)CN(CCO)C1CCC1. The molecule has 20 heavy (non-hydrogen) atoms. The van der Waals surface area contributed by atoms with Gasteiger partial charge in [0.1, 0.15) is 0 Å². The van der Waals surface area contributed by atoms with E-state index < -0.39 is 0 Å². The Morgan fingerprint density at radius 2 is 1.85 bits per heavy atom. The molecule has 1 fully saturated rings. The first-order valence-electron chi connectivity index (χ1n) is 8.39. The summed E-state index contributed by atoms with van der Waals surface area (Å²) in [6, 6.07) is 0.716. The molecule has 1 unspecified atom stereocenters. The van der Waals surface area contributed by atoms with Crippen molar-refractivity contribution in [2.75, 3.05) is 26.2 Å². The Labute approximate surface area is 126 Å². The molecular weight excluding hydrogens is 248 g/mol. The molecule has 0 heterocycles. The average molecular weight is 284 g/mol. The third kappa shape index (κ3) is 6.11. The van der Waals surface area contributed by atoms with Gasteiger partial charge in [-0.2, -0.15) is 0 Å². The summed E-state index contributed by atoms with van der Waals surface area (Å²) in [5.41, 5.74) is 0.472. The fourth-order valence-corrected chi connectivity index (χ4v) is 3.07. The van der Waals surface area contributed by atoms with Gasteiger partial charge in [0.05, 0.1) is 6.61 Å². The Kier molecular flexibility index (Phi) is 6.96. The molecule has 1 aliphatic carbocycles. The van der Waals surface area contributed by atoms with Crippen molar-refractivity contribution in [2.45, 2.75) is 78.3 Å². The number of nitrogens with one attached hydrogen (secondary N) is 1. The Morgan fingerprint density at radius 1 is 1.20 bits per heavy atom. The van der Waals surface area contributed by atoms with Crippen molar-refractivity contribution in [2.24, 2.45) is 5.41 Å². The summed E-state index contributed by atoms with van der Waals surface area (Å²) in [6.07, 6.45) is 6.45. The van der Waals surface area contributed by atoms with Gasteiger partial charge in [-0.15, -0.1) is 0 Å². The molecule has 120 valence electrons. The predicted octanol–water partition coefficient (Wildman–Crippen LogP) is 3.03. The number of nitrogens with zero attached hydrogens (tertiary/aromatic N) is 1. The van der Waals surface area contributed by atoms with E-state index in [2.05, 4.69) is 44.8 Å². The molecule has 3 nitrogen and oxygen atoms in total. The monoisotopic (exact) mass is 284 g/mol. The lowest BCUT2D eigenvalue weighted by Gasteiger charge is -2.44. The Balaban J connectivity index is 2.61. The van der Waals surface area contributed by atoms with E-state index in [1.165, 1.54) is 32.1 Å². The topological polar surface area (TPSA) is 35.5 Å². The Hall–Kier alpha value is -0.120. The minimum absolute atomic E-state index is 0.174. The minimum atomic E-state index is 0.174. The Bertz CT molecular complexity index is 271. The molecule has 1 saturated carbocycles. The van der Waals surface area contributed by atoms with Crippen LogP contribution in [-0.2, 0) is 0 Å². The molecular formula is C17H36N2O. The van der Waals surface area contributed by atoms with Gasteiger partial charge >= 0.3 is 0 Å². The third-order valence-electron chi connectivity index (χ3n) is 4.46. The molecule has 0 radical (unpaired) electrons. The van der Waals surface area contributed by atoms with E-state index in [4.69, 9.17) is 0 Å². The van der Waals surface area contributed by atoms with Gasteiger partial charge in [-0.25, -0.2) is 0 Å².